The molecule has 0 aliphatic carbocycles. The van der Waals surface area contributed by atoms with Crippen LogP contribution in [0.2, 0.25) is 19.6 Å². The van der Waals surface area contributed by atoms with Gasteiger partial charge in [0.2, 0.25) is 0 Å². The van der Waals surface area contributed by atoms with Gasteiger partial charge < -0.3 is 14.0 Å². The zero-order chi connectivity index (χ0) is 43.3. The quantitative estimate of drug-likeness (QED) is 0.123. The molecule has 7 heteroatoms. The van der Waals surface area contributed by atoms with Crippen LogP contribution in [0.25, 0.3) is 72.4 Å². The molecule has 0 saturated heterocycles. The molecule has 0 aliphatic rings. The van der Waals surface area contributed by atoms with Crippen molar-refractivity contribution in [2.75, 3.05) is 0 Å². The Balaban J connectivity index is 0.000000208. The van der Waals surface area contributed by atoms with Crippen LogP contribution in [0.15, 0.2) is 138 Å². The van der Waals surface area contributed by atoms with Crippen LogP contribution in [-0.4, -0.2) is 27.6 Å². The summed E-state index contributed by atoms with van der Waals surface area (Å²) in [4.78, 5) is 14.3. The number of para-hydroxylation sites is 1. The average molecular weight is 970 g/mol. The number of fused-ring (bicyclic) bond motifs is 4. The Morgan fingerprint density at radius 3 is 2.20 bits per heavy atom. The Hall–Kier alpha value is -5.46. The molecule has 5 aromatic carbocycles. The number of rotatable bonds is 6. The van der Waals surface area contributed by atoms with E-state index in [1.807, 2.05) is 48.9 Å². The van der Waals surface area contributed by atoms with E-state index < -0.39 is 14.9 Å². The zero-order valence-electron chi connectivity index (χ0n) is 37.8. The minimum atomic E-state index is -2.09. The van der Waals surface area contributed by atoms with Crippen LogP contribution >= 0.6 is 0 Å². The largest absolute Gasteiger partial charge is 0.501 e. The number of aromatic nitrogens is 4. The van der Waals surface area contributed by atoms with Crippen molar-refractivity contribution in [1.82, 2.24) is 19.5 Å². The molecule has 299 valence electrons. The van der Waals surface area contributed by atoms with Crippen LogP contribution in [0.5, 0.6) is 0 Å². The number of aryl methyl sites for hydroxylation is 1. The minimum Gasteiger partial charge on any atom is -0.501 e. The van der Waals surface area contributed by atoms with E-state index in [9.17, 15) is 0 Å². The fraction of sp³-hybridized carbons (Fsp3) is 0.212. The molecular weight excluding hydrogens is 917 g/mol. The summed E-state index contributed by atoms with van der Waals surface area (Å²) >= 11 is 0. The van der Waals surface area contributed by atoms with Crippen LogP contribution in [0.3, 0.4) is 0 Å². The Labute approximate surface area is 367 Å². The van der Waals surface area contributed by atoms with Gasteiger partial charge in [-0.3, -0.25) is 9.97 Å². The Kier molecular flexibility index (Phi) is 10.7. The van der Waals surface area contributed by atoms with E-state index in [0.717, 1.165) is 66.9 Å². The van der Waals surface area contributed by atoms with Crippen molar-refractivity contribution in [1.29, 1.82) is 0 Å². The second kappa shape index (κ2) is 16.7. The number of imidazole rings is 1. The van der Waals surface area contributed by atoms with E-state index in [1.54, 1.807) is 18.2 Å². The van der Waals surface area contributed by atoms with Gasteiger partial charge in [-0.1, -0.05) is 144 Å². The van der Waals surface area contributed by atoms with Gasteiger partial charge in [-0.05, 0) is 51.5 Å². The number of pyridine rings is 2. The molecule has 5 nitrogen and oxygen atoms in total. The summed E-state index contributed by atoms with van der Waals surface area (Å²) in [7, 11) is -1.45. The van der Waals surface area contributed by atoms with E-state index in [2.05, 4.69) is 148 Å². The van der Waals surface area contributed by atoms with Crippen LogP contribution in [-0.2, 0) is 25.5 Å². The number of benzene rings is 5. The number of hydrogen-bond acceptors (Lipinski definition) is 4. The monoisotopic (exact) mass is 970 g/mol. The summed E-state index contributed by atoms with van der Waals surface area (Å²) in [5.41, 5.74) is 12.1. The fourth-order valence-electron chi connectivity index (χ4n) is 7.59. The van der Waals surface area contributed by atoms with E-state index in [1.165, 1.54) is 21.9 Å². The molecule has 0 unspecified atom stereocenters. The third-order valence-electron chi connectivity index (χ3n) is 10.6. The van der Waals surface area contributed by atoms with E-state index in [-0.39, 0.29) is 25.5 Å². The maximum absolute atomic E-state index is 7.44. The molecule has 59 heavy (non-hydrogen) atoms. The molecule has 4 heterocycles. The molecule has 4 aromatic heterocycles. The first kappa shape index (κ1) is 37.8. The van der Waals surface area contributed by atoms with Crippen LogP contribution < -0.4 is 5.19 Å². The first-order valence-corrected chi connectivity index (χ1v) is 23.4. The zero-order valence-corrected chi connectivity index (χ0v) is 38.2. The van der Waals surface area contributed by atoms with Crippen molar-refractivity contribution < 1.29 is 28.6 Å². The molecule has 9 aromatic rings. The van der Waals surface area contributed by atoms with Gasteiger partial charge in [-0.25, -0.2) is 0 Å². The van der Waals surface area contributed by atoms with Crippen molar-refractivity contribution in [2.45, 2.75) is 72.4 Å². The molecular formula is C52H50IrN4OSi-2. The third-order valence-corrected chi connectivity index (χ3v) is 12.7. The van der Waals surface area contributed by atoms with Gasteiger partial charge in [-0.15, -0.1) is 53.6 Å². The number of nitrogens with zero attached hydrogens (tertiary/aromatic N) is 4. The summed E-state index contributed by atoms with van der Waals surface area (Å²) in [6, 6.07) is 44.9. The first-order valence-electron chi connectivity index (χ1n) is 21.4. The first-order chi connectivity index (χ1) is 29.0. The number of furan rings is 1. The average Bonchev–Trinajstić information content (AvgIpc) is 3.82. The van der Waals surface area contributed by atoms with Gasteiger partial charge in [-0.2, -0.15) is 0 Å². The smallest absolute Gasteiger partial charge is 0.120 e. The van der Waals surface area contributed by atoms with E-state index in [0.29, 0.717) is 11.5 Å². The van der Waals surface area contributed by atoms with Crippen molar-refractivity contribution >= 4 is 46.2 Å². The van der Waals surface area contributed by atoms with E-state index in [4.69, 9.17) is 13.5 Å². The van der Waals surface area contributed by atoms with Crippen molar-refractivity contribution in [3.05, 3.63) is 163 Å². The number of hydrogen-bond donors (Lipinski definition) is 0. The third kappa shape index (κ3) is 8.38. The Morgan fingerprint density at radius 1 is 0.797 bits per heavy atom. The molecule has 0 amide bonds. The molecule has 0 N–H and O–H groups in total. The van der Waals surface area contributed by atoms with E-state index >= 15 is 0 Å². The standard InChI is InChI=1S/C34H26N3O.C18H24NSi.Ir/c1-34(2,3)28-20-35-21-29-31(28)37(24-18-16-23(17-19-24)22-10-5-4-6-11-22)33(36-29)27-14-9-13-26-25-12-7-8-15-30(25)38-32(26)27;1-13(2)16-11-17(15-9-7-14(3)8-10-15)19-12-18(16)20(4,5)6;/h4-13,15-21H,1-3H3;7-9,11-13H,1-6H3;/q2*-1;/i;3D3;. The van der Waals surface area contributed by atoms with Crippen LogP contribution in [0.4, 0.5) is 0 Å². The second-order valence-electron chi connectivity index (χ2n) is 17.2. The van der Waals surface area contributed by atoms with Gasteiger partial charge in [0.15, 0.2) is 0 Å². The SMILES string of the molecule is CC(C)(C)c1cncc2nc(-c3[c-]ccc4c3oc3ccccc34)n(-c3ccc(-c4ccccc4)cc3)c12.[2H]C([2H])([2H])c1c[c-]c(-c2cc(C(C)C)c([Si](C)(C)C)cn2)cc1.[Ir]. The summed E-state index contributed by atoms with van der Waals surface area (Å²) in [5.74, 6) is 1.22. The summed E-state index contributed by atoms with van der Waals surface area (Å²) < 4.78 is 31.0. The van der Waals surface area contributed by atoms with Gasteiger partial charge in [0.1, 0.15) is 5.58 Å². The molecule has 0 atom stereocenters. The molecule has 0 saturated carbocycles. The minimum absolute atomic E-state index is 0. The van der Waals surface area contributed by atoms with Crippen LogP contribution in [0.1, 0.15) is 61.3 Å². The van der Waals surface area contributed by atoms with Gasteiger partial charge in [0.25, 0.3) is 0 Å². The molecule has 0 bridgehead atoms. The maximum atomic E-state index is 7.44. The Bertz CT molecular complexity index is 3000. The normalized spacial score (nSPS) is 12.8. The van der Waals surface area contributed by atoms with Gasteiger partial charge >= 0.3 is 0 Å². The second-order valence-corrected chi connectivity index (χ2v) is 22.3. The van der Waals surface area contributed by atoms with Gasteiger partial charge in [0, 0.05) is 53.2 Å². The maximum Gasteiger partial charge on any atom is 0.120 e. The molecule has 1 radical (unpaired) electrons. The molecule has 9 rings (SSSR count). The molecule has 0 fully saturated rings. The Morgan fingerprint density at radius 2 is 1.53 bits per heavy atom. The summed E-state index contributed by atoms with van der Waals surface area (Å²) in [6.45, 7) is 15.9. The summed E-state index contributed by atoms with van der Waals surface area (Å²) in [6.07, 6.45) is 5.82. The van der Waals surface area contributed by atoms with Crippen molar-refractivity contribution in [2.24, 2.45) is 0 Å². The fourth-order valence-corrected chi connectivity index (χ4v) is 9.27. The predicted octanol–water partition coefficient (Wildman–Crippen LogP) is 13.3. The summed E-state index contributed by atoms with van der Waals surface area (Å²) in [5, 5.41) is 3.53. The van der Waals surface area contributed by atoms with Crippen molar-refractivity contribution in [3.8, 4) is 39.5 Å². The van der Waals surface area contributed by atoms with Crippen LogP contribution in [0, 0.1) is 19.0 Å². The van der Waals surface area contributed by atoms with Gasteiger partial charge in [0.05, 0.1) is 36.7 Å². The van der Waals surface area contributed by atoms with Crippen molar-refractivity contribution in [3.63, 3.8) is 0 Å². The topological polar surface area (TPSA) is 56.7 Å². The predicted molar refractivity (Wildman–Crippen MR) is 245 cm³/mol. The molecule has 0 spiro atoms. The molecule has 0 aliphatic heterocycles.